The van der Waals surface area contributed by atoms with Crippen molar-refractivity contribution in [2.75, 3.05) is 0 Å². The summed E-state index contributed by atoms with van der Waals surface area (Å²) in [7, 11) is 0. The van der Waals surface area contributed by atoms with E-state index in [1.54, 1.807) is 36.4 Å². The standard InChI is InChI=1S/C24H18O5/c25-21(19-11-9-15-5-1-3-7-17(15)13-19)23(27)29-24(28)22(26)20-12-10-16-6-2-4-8-18(16)14-20/h1-14,23-24,27-28H. The zero-order chi connectivity index (χ0) is 20.4. The van der Waals surface area contributed by atoms with Gasteiger partial charge in [0.25, 0.3) is 0 Å². The average molecular weight is 386 g/mol. The van der Waals surface area contributed by atoms with Crippen molar-refractivity contribution in [2.45, 2.75) is 12.6 Å². The second-order valence-electron chi connectivity index (χ2n) is 6.69. The maximum absolute atomic E-state index is 12.5. The van der Waals surface area contributed by atoms with Crippen molar-refractivity contribution in [3.8, 4) is 0 Å². The maximum Gasteiger partial charge on any atom is 0.223 e. The number of carbonyl (C=O) groups is 2. The quantitative estimate of drug-likeness (QED) is 0.390. The Morgan fingerprint density at radius 1 is 0.586 bits per heavy atom. The molecule has 0 aliphatic heterocycles. The van der Waals surface area contributed by atoms with Crippen molar-refractivity contribution in [1.82, 2.24) is 0 Å². The summed E-state index contributed by atoms with van der Waals surface area (Å²) < 4.78 is 4.92. The maximum atomic E-state index is 12.5. The molecule has 2 atom stereocenters. The van der Waals surface area contributed by atoms with Crippen LogP contribution < -0.4 is 0 Å². The van der Waals surface area contributed by atoms with Crippen LogP contribution in [0.5, 0.6) is 0 Å². The molecule has 2 N–H and O–H groups in total. The first-order valence-electron chi connectivity index (χ1n) is 9.10. The largest absolute Gasteiger partial charge is 0.362 e. The predicted molar refractivity (Wildman–Crippen MR) is 110 cm³/mol. The van der Waals surface area contributed by atoms with Gasteiger partial charge in [-0.25, -0.2) is 0 Å². The van der Waals surface area contributed by atoms with E-state index in [0.717, 1.165) is 21.5 Å². The Bertz CT molecular complexity index is 1120. The summed E-state index contributed by atoms with van der Waals surface area (Å²) in [6.07, 6.45) is -3.92. The van der Waals surface area contributed by atoms with Crippen LogP contribution >= 0.6 is 0 Å². The van der Waals surface area contributed by atoms with Gasteiger partial charge in [-0.3, -0.25) is 9.59 Å². The van der Waals surface area contributed by atoms with Gasteiger partial charge in [-0.05, 0) is 33.7 Å². The molecule has 0 bridgehead atoms. The Morgan fingerprint density at radius 2 is 0.966 bits per heavy atom. The normalized spacial score (nSPS) is 13.3. The van der Waals surface area contributed by atoms with E-state index in [0.29, 0.717) is 0 Å². The summed E-state index contributed by atoms with van der Waals surface area (Å²) in [6, 6.07) is 24.9. The Morgan fingerprint density at radius 3 is 1.38 bits per heavy atom. The van der Waals surface area contributed by atoms with Crippen LogP contribution in [0.3, 0.4) is 0 Å². The van der Waals surface area contributed by atoms with Crippen molar-refractivity contribution >= 4 is 33.1 Å². The van der Waals surface area contributed by atoms with Crippen LogP contribution in [0.1, 0.15) is 20.7 Å². The van der Waals surface area contributed by atoms with Crippen molar-refractivity contribution in [1.29, 1.82) is 0 Å². The van der Waals surface area contributed by atoms with Gasteiger partial charge in [0, 0.05) is 11.1 Å². The molecule has 4 aromatic carbocycles. The number of ketones is 2. The van der Waals surface area contributed by atoms with Crippen molar-refractivity contribution < 1.29 is 24.5 Å². The number of fused-ring (bicyclic) bond motifs is 2. The minimum atomic E-state index is -1.96. The minimum absolute atomic E-state index is 0.224. The molecule has 0 aromatic heterocycles. The first-order valence-corrected chi connectivity index (χ1v) is 9.10. The third kappa shape index (κ3) is 3.93. The highest BCUT2D eigenvalue weighted by Crippen LogP contribution is 2.19. The van der Waals surface area contributed by atoms with Gasteiger partial charge in [-0.2, -0.15) is 0 Å². The number of carbonyl (C=O) groups excluding carboxylic acids is 2. The number of aliphatic hydroxyl groups is 2. The number of aliphatic hydroxyl groups excluding tert-OH is 2. The Labute approximate surface area is 166 Å². The first kappa shape index (κ1) is 19.0. The highest BCUT2D eigenvalue weighted by atomic mass is 16.7. The molecule has 4 rings (SSSR count). The van der Waals surface area contributed by atoms with Gasteiger partial charge in [0.2, 0.25) is 24.1 Å². The fraction of sp³-hybridized carbons (Fsp3) is 0.0833. The number of hydrogen-bond donors (Lipinski definition) is 2. The van der Waals surface area contributed by atoms with Gasteiger partial charge >= 0.3 is 0 Å². The van der Waals surface area contributed by atoms with Crippen LogP contribution in [0.4, 0.5) is 0 Å². The number of benzene rings is 4. The van der Waals surface area contributed by atoms with Gasteiger partial charge in [0.1, 0.15) is 0 Å². The molecular formula is C24H18O5. The van der Waals surface area contributed by atoms with Gasteiger partial charge in [0.05, 0.1) is 0 Å². The summed E-state index contributed by atoms with van der Waals surface area (Å²) in [5.41, 5.74) is 0.447. The smallest absolute Gasteiger partial charge is 0.223 e. The second kappa shape index (κ2) is 7.93. The second-order valence-corrected chi connectivity index (χ2v) is 6.69. The van der Waals surface area contributed by atoms with Gasteiger partial charge in [-0.15, -0.1) is 0 Å². The molecule has 0 radical (unpaired) electrons. The molecule has 0 saturated heterocycles. The molecule has 0 aliphatic rings. The van der Waals surface area contributed by atoms with Crippen LogP contribution in [-0.2, 0) is 4.74 Å². The molecule has 5 nitrogen and oxygen atoms in total. The fourth-order valence-corrected chi connectivity index (χ4v) is 3.22. The van der Waals surface area contributed by atoms with E-state index in [1.165, 1.54) is 0 Å². The summed E-state index contributed by atoms with van der Waals surface area (Å²) in [5, 5.41) is 23.8. The minimum Gasteiger partial charge on any atom is -0.362 e. The summed E-state index contributed by atoms with van der Waals surface area (Å²) >= 11 is 0. The molecule has 0 fully saturated rings. The predicted octanol–water partition coefficient (Wildman–Crippen LogP) is 3.71. The molecule has 2 unspecified atom stereocenters. The zero-order valence-electron chi connectivity index (χ0n) is 15.4. The van der Waals surface area contributed by atoms with Crippen molar-refractivity contribution in [2.24, 2.45) is 0 Å². The number of ether oxygens (including phenoxy) is 1. The highest BCUT2D eigenvalue weighted by Gasteiger charge is 2.26. The SMILES string of the molecule is O=C(c1ccc2ccccc2c1)C(O)OC(O)C(=O)c1ccc2ccccc2c1. The zero-order valence-corrected chi connectivity index (χ0v) is 15.4. The van der Waals surface area contributed by atoms with E-state index in [1.807, 2.05) is 48.5 Å². The van der Waals surface area contributed by atoms with E-state index >= 15 is 0 Å². The molecule has 4 aromatic rings. The monoisotopic (exact) mass is 386 g/mol. The van der Waals surface area contributed by atoms with Gasteiger partial charge in [0.15, 0.2) is 0 Å². The number of Topliss-reactive ketones (excluding diaryl/α,β-unsaturated/α-hetero) is 2. The van der Waals surface area contributed by atoms with Crippen LogP contribution in [-0.4, -0.2) is 34.4 Å². The third-order valence-corrected chi connectivity index (χ3v) is 4.77. The van der Waals surface area contributed by atoms with E-state index in [2.05, 4.69) is 0 Å². The lowest BCUT2D eigenvalue weighted by Crippen LogP contribution is -2.34. The number of rotatable bonds is 6. The summed E-state index contributed by atoms with van der Waals surface area (Å²) in [4.78, 5) is 24.9. The summed E-state index contributed by atoms with van der Waals surface area (Å²) in [6.45, 7) is 0. The van der Waals surface area contributed by atoms with Crippen molar-refractivity contribution in [3.05, 3.63) is 96.1 Å². The molecule has 0 aliphatic carbocycles. The van der Waals surface area contributed by atoms with Gasteiger partial charge in [-0.1, -0.05) is 72.8 Å². The van der Waals surface area contributed by atoms with Crippen LogP contribution in [0.2, 0.25) is 0 Å². The molecule has 5 heteroatoms. The lowest BCUT2D eigenvalue weighted by atomic mass is 10.0. The van der Waals surface area contributed by atoms with E-state index in [4.69, 9.17) is 4.74 Å². The van der Waals surface area contributed by atoms with Crippen LogP contribution in [0.25, 0.3) is 21.5 Å². The average Bonchev–Trinajstić information content (AvgIpc) is 2.77. The van der Waals surface area contributed by atoms with Gasteiger partial charge < -0.3 is 14.9 Å². The summed E-state index contributed by atoms with van der Waals surface area (Å²) in [5.74, 6) is -1.47. The van der Waals surface area contributed by atoms with E-state index < -0.39 is 24.1 Å². The fourth-order valence-electron chi connectivity index (χ4n) is 3.22. The van der Waals surface area contributed by atoms with Crippen molar-refractivity contribution in [3.63, 3.8) is 0 Å². The Kier molecular flexibility index (Phi) is 5.18. The van der Waals surface area contributed by atoms with E-state index in [9.17, 15) is 19.8 Å². The topological polar surface area (TPSA) is 83.8 Å². The molecular weight excluding hydrogens is 368 g/mol. The van der Waals surface area contributed by atoms with Crippen LogP contribution in [0.15, 0.2) is 84.9 Å². The molecule has 144 valence electrons. The Hall–Kier alpha value is -3.38. The third-order valence-electron chi connectivity index (χ3n) is 4.77. The number of hydrogen-bond acceptors (Lipinski definition) is 5. The highest BCUT2D eigenvalue weighted by molar-refractivity contribution is 6.03. The Balaban J connectivity index is 1.49. The molecule has 0 amide bonds. The molecule has 0 saturated carbocycles. The molecule has 0 spiro atoms. The lowest BCUT2D eigenvalue weighted by Gasteiger charge is -2.16. The van der Waals surface area contributed by atoms with E-state index in [-0.39, 0.29) is 11.1 Å². The lowest BCUT2D eigenvalue weighted by molar-refractivity contribution is -0.163. The molecule has 0 heterocycles. The first-order chi connectivity index (χ1) is 14.0. The van der Waals surface area contributed by atoms with Crippen LogP contribution in [0, 0.1) is 0 Å². The molecule has 29 heavy (non-hydrogen) atoms.